The number of nitrogens with two attached hydrogens (primary N) is 2. The van der Waals surface area contributed by atoms with Crippen LogP contribution in [0.15, 0.2) is 0 Å². The molecular formula is C14H30N2. The third-order valence-corrected chi connectivity index (χ3v) is 4.29. The Morgan fingerprint density at radius 2 is 1.44 bits per heavy atom. The summed E-state index contributed by atoms with van der Waals surface area (Å²) < 4.78 is 0. The molecule has 0 aromatic carbocycles. The molecule has 0 spiro atoms. The van der Waals surface area contributed by atoms with Gasteiger partial charge in [0.1, 0.15) is 0 Å². The van der Waals surface area contributed by atoms with E-state index in [1.54, 1.807) is 0 Å². The lowest BCUT2D eigenvalue weighted by Crippen LogP contribution is -2.47. The average Bonchev–Trinajstić information content (AvgIpc) is 2.19. The Labute approximate surface area is 101 Å². The Morgan fingerprint density at radius 1 is 0.938 bits per heavy atom. The van der Waals surface area contributed by atoms with Gasteiger partial charge in [-0.3, -0.25) is 0 Å². The fraction of sp³-hybridized carbons (Fsp3) is 1.00. The van der Waals surface area contributed by atoms with Crippen LogP contribution in [-0.4, -0.2) is 11.6 Å². The molecule has 1 aliphatic carbocycles. The van der Waals surface area contributed by atoms with Gasteiger partial charge in [0.25, 0.3) is 0 Å². The first-order chi connectivity index (χ1) is 7.52. The molecule has 0 heterocycles. The van der Waals surface area contributed by atoms with E-state index in [2.05, 4.69) is 13.8 Å². The average molecular weight is 226 g/mol. The van der Waals surface area contributed by atoms with Gasteiger partial charge in [-0.05, 0) is 32.1 Å². The van der Waals surface area contributed by atoms with Crippen LogP contribution in [0.2, 0.25) is 0 Å². The molecule has 0 aliphatic heterocycles. The van der Waals surface area contributed by atoms with Gasteiger partial charge in [0.2, 0.25) is 0 Å². The molecule has 0 bridgehead atoms. The first kappa shape index (κ1) is 14.0. The van der Waals surface area contributed by atoms with Crippen molar-refractivity contribution < 1.29 is 0 Å². The highest BCUT2D eigenvalue weighted by Crippen LogP contribution is 2.26. The summed E-state index contributed by atoms with van der Waals surface area (Å²) in [4.78, 5) is 0. The normalized spacial score (nSPS) is 39.8. The van der Waals surface area contributed by atoms with Crippen molar-refractivity contribution in [2.24, 2.45) is 17.4 Å². The van der Waals surface area contributed by atoms with Gasteiger partial charge >= 0.3 is 0 Å². The van der Waals surface area contributed by atoms with Crippen molar-refractivity contribution in [3.05, 3.63) is 0 Å². The summed E-state index contributed by atoms with van der Waals surface area (Å²) in [6.07, 6.45) is 11.5. The van der Waals surface area contributed by atoms with Gasteiger partial charge in [0.05, 0.1) is 0 Å². The van der Waals surface area contributed by atoms with E-state index in [9.17, 15) is 0 Å². The fourth-order valence-electron chi connectivity index (χ4n) is 2.76. The summed E-state index contributed by atoms with van der Waals surface area (Å²) >= 11 is 0. The summed E-state index contributed by atoms with van der Waals surface area (Å²) in [7, 11) is 0. The summed E-state index contributed by atoms with van der Waals surface area (Å²) in [5, 5.41) is 0. The highest BCUT2D eigenvalue weighted by Gasteiger charge is 2.28. The molecule has 0 amide bonds. The zero-order chi connectivity index (χ0) is 12.0. The smallest absolute Gasteiger partial charge is 0.0166 e. The van der Waals surface area contributed by atoms with Crippen LogP contribution in [0.25, 0.3) is 0 Å². The molecule has 1 fully saturated rings. The molecule has 96 valence electrons. The lowest BCUT2D eigenvalue weighted by molar-refractivity contribution is 0.249. The zero-order valence-electron chi connectivity index (χ0n) is 11.2. The lowest BCUT2D eigenvalue weighted by Gasteiger charge is -2.34. The maximum atomic E-state index is 6.41. The predicted molar refractivity (Wildman–Crippen MR) is 71.3 cm³/mol. The second kappa shape index (κ2) is 6.61. The third-order valence-electron chi connectivity index (χ3n) is 4.29. The van der Waals surface area contributed by atoms with Crippen LogP contribution in [-0.2, 0) is 0 Å². The number of hydrogen-bond donors (Lipinski definition) is 2. The summed E-state index contributed by atoms with van der Waals surface area (Å²) in [5.41, 5.74) is 12.5. The van der Waals surface area contributed by atoms with Gasteiger partial charge in [-0.2, -0.15) is 0 Å². The van der Waals surface area contributed by atoms with Crippen LogP contribution in [0.1, 0.15) is 71.6 Å². The minimum Gasteiger partial charge on any atom is -0.328 e. The predicted octanol–water partition coefficient (Wildman–Crippen LogP) is 3.19. The molecule has 1 saturated carbocycles. The van der Waals surface area contributed by atoms with Crippen molar-refractivity contribution in [1.82, 2.24) is 0 Å². The van der Waals surface area contributed by atoms with E-state index in [0.717, 1.165) is 12.8 Å². The molecule has 3 atom stereocenters. The number of rotatable bonds is 0. The molecule has 0 aromatic heterocycles. The Morgan fingerprint density at radius 3 is 2.06 bits per heavy atom. The standard InChI is InChI=1S/C14H30N2/c1-12-9-7-5-3-4-6-8-10-13(15)11-14(12,2)16/h12-13H,3-11,15-16H2,1-2H3. The number of hydrogen-bond acceptors (Lipinski definition) is 2. The maximum absolute atomic E-state index is 6.41. The van der Waals surface area contributed by atoms with Crippen LogP contribution >= 0.6 is 0 Å². The molecule has 4 N–H and O–H groups in total. The first-order valence-corrected chi connectivity index (χ1v) is 7.07. The van der Waals surface area contributed by atoms with Crippen molar-refractivity contribution in [3.8, 4) is 0 Å². The molecule has 2 heteroatoms. The molecule has 0 saturated heterocycles. The van der Waals surface area contributed by atoms with Crippen LogP contribution in [0.5, 0.6) is 0 Å². The van der Waals surface area contributed by atoms with Crippen LogP contribution in [0.4, 0.5) is 0 Å². The van der Waals surface area contributed by atoms with Gasteiger partial charge in [0.15, 0.2) is 0 Å². The van der Waals surface area contributed by atoms with Gasteiger partial charge in [-0.25, -0.2) is 0 Å². The quantitative estimate of drug-likeness (QED) is 0.666. The lowest BCUT2D eigenvalue weighted by atomic mass is 9.78. The highest BCUT2D eigenvalue weighted by atomic mass is 14.8. The monoisotopic (exact) mass is 226 g/mol. The Bertz CT molecular complexity index is 189. The Kier molecular flexibility index (Phi) is 5.77. The van der Waals surface area contributed by atoms with E-state index < -0.39 is 0 Å². The molecule has 0 aromatic rings. The van der Waals surface area contributed by atoms with E-state index in [0.29, 0.717) is 12.0 Å². The molecule has 1 aliphatic rings. The van der Waals surface area contributed by atoms with E-state index in [1.807, 2.05) is 0 Å². The summed E-state index contributed by atoms with van der Waals surface area (Å²) in [6, 6.07) is 0.303. The van der Waals surface area contributed by atoms with Gasteiger partial charge < -0.3 is 11.5 Å². The second-order valence-electron chi connectivity index (χ2n) is 6.07. The van der Waals surface area contributed by atoms with E-state index in [1.165, 1.54) is 44.9 Å². The minimum atomic E-state index is -0.0708. The van der Waals surface area contributed by atoms with Gasteiger partial charge in [0, 0.05) is 11.6 Å². The Balaban J connectivity index is 2.50. The van der Waals surface area contributed by atoms with Crippen molar-refractivity contribution in [2.75, 3.05) is 0 Å². The third kappa shape index (κ3) is 4.84. The molecule has 2 nitrogen and oxygen atoms in total. The van der Waals surface area contributed by atoms with Crippen molar-refractivity contribution in [3.63, 3.8) is 0 Å². The topological polar surface area (TPSA) is 52.0 Å². The van der Waals surface area contributed by atoms with Gasteiger partial charge in [-0.1, -0.05) is 45.4 Å². The Hall–Kier alpha value is -0.0800. The summed E-state index contributed by atoms with van der Waals surface area (Å²) in [6.45, 7) is 4.47. The maximum Gasteiger partial charge on any atom is 0.0166 e. The van der Waals surface area contributed by atoms with Crippen LogP contribution in [0, 0.1) is 5.92 Å². The molecule has 1 rings (SSSR count). The SMILES string of the molecule is CC1CCCCCCCCC(N)CC1(C)N. The van der Waals surface area contributed by atoms with Gasteiger partial charge in [-0.15, -0.1) is 0 Å². The largest absolute Gasteiger partial charge is 0.328 e. The fourth-order valence-corrected chi connectivity index (χ4v) is 2.76. The van der Waals surface area contributed by atoms with Crippen molar-refractivity contribution in [1.29, 1.82) is 0 Å². The summed E-state index contributed by atoms with van der Waals surface area (Å²) in [5.74, 6) is 0.595. The molecular weight excluding hydrogens is 196 g/mol. The van der Waals surface area contributed by atoms with E-state index in [4.69, 9.17) is 11.5 Å². The van der Waals surface area contributed by atoms with Crippen molar-refractivity contribution >= 4 is 0 Å². The minimum absolute atomic E-state index is 0.0708. The highest BCUT2D eigenvalue weighted by molar-refractivity contribution is 4.88. The van der Waals surface area contributed by atoms with Crippen LogP contribution in [0.3, 0.4) is 0 Å². The van der Waals surface area contributed by atoms with Crippen molar-refractivity contribution in [2.45, 2.75) is 83.2 Å². The van der Waals surface area contributed by atoms with Crippen LogP contribution < -0.4 is 11.5 Å². The second-order valence-corrected chi connectivity index (χ2v) is 6.07. The van der Waals surface area contributed by atoms with E-state index >= 15 is 0 Å². The molecule has 16 heavy (non-hydrogen) atoms. The molecule has 0 radical (unpaired) electrons. The first-order valence-electron chi connectivity index (χ1n) is 7.07. The zero-order valence-corrected chi connectivity index (χ0v) is 11.2. The molecule has 3 unspecified atom stereocenters. The van der Waals surface area contributed by atoms with E-state index in [-0.39, 0.29) is 5.54 Å².